The van der Waals surface area contributed by atoms with Crippen molar-refractivity contribution in [1.29, 1.82) is 0 Å². The van der Waals surface area contributed by atoms with Gasteiger partial charge in [0.1, 0.15) is 5.75 Å². The number of rotatable bonds is 8. The van der Waals surface area contributed by atoms with E-state index in [2.05, 4.69) is 21.4 Å². The van der Waals surface area contributed by atoms with E-state index < -0.39 is 30.0 Å². The highest BCUT2D eigenvalue weighted by atomic mass is 32.2. The van der Waals surface area contributed by atoms with Gasteiger partial charge in [-0.15, -0.1) is 0 Å². The molecule has 2 atom stereocenters. The highest BCUT2D eigenvalue weighted by molar-refractivity contribution is 7.90. The summed E-state index contributed by atoms with van der Waals surface area (Å²) in [6, 6.07) is 1.79. The van der Waals surface area contributed by atoms with E-state index in [4.69, 9.17) is 0 Å². The van der Waals surface area contributed by atoms with E-state index >= 15 is 0 Å². The van der Waals surface area contributed by atoms with Crippen molar-refractivity contribution >= 4 is 23.1 Å². The van der Waals surface area contributed by atoms with Gasteiger partial charge in [-0.05, 0) is 60.8 Å². The molecular formula is C20H28F3N3O2S. The third-order valence-electron chi connectivity index (χ3n) is 5.43. The van der Waals surface area contributed by atoms with Crippen molar-refractivity contribution in [2.45, 2.75) is 58.0 Å². The van der Waals surface area contributed by atoms with Gasteiger partial charge in [0.15, 0.2) is 0 Å². The van der Waals surface area contributed by atoms with Crippen LogP contribution in [-0.2, 0) is 37.0 Å². The van der Waals surface area contributed by atoms with Gasteiger partial charge in [-0.3, -0.25) is 0 Å². The third kappa shape index (κ3) is 6.26. The summed E-state index contributed by atoms with van der Waals surface area (Å²) in [5.41, 5.74) is 5.91. The maximum absolute atomic E-state index is 12.4. The van der Waals surface area contributed by atoms with Crippen molar-refractivity contribution in [3.63, 3.8) is 0 Å². The van der Waals surface area contributed by atoms with E-state index in [1.807, 2.05) is 0 Å². The molecule has 0 bridgehead atoms. The Morgan fingerprint density at radius 2 is 1.79 bits per heavy atom. The molecule has 3 rings (SSSR count). The van der Waals surface area contributed by atoms with Crippen LogP contribution in [0.15, 0.2) is 6.07 Å². The number of carbonyl (C=O) groups excluding carboxylic acids is 1. The first-order chi connectivity index (χ1) is 13.7. The molecule has 29 heavy (non-hydrogen) atoms. The van der Waals surface area contributed by atoms with Crippen LogP contribution in [0.3, 0.4) is 0 Å². The lowest BCUT2D eigenvalue weighted by atomic mass is 9.99. The Kier molecular flexibility index (Phi) is 7.34. The Labute approximate surface area is 172 Å². The van der Waals surface area contributed by atoms with Crippen molar-refractivity contribution in [2.24, 2.45) is 5.92 Å². The average Bonchev–Trinajstić information content (AvgIpc) is 3.26. The zero-order chi connectivity index (χ0) is 21.0. The van der Waals surface area contributed by atoms with Gasteiger partial charge in [-0.1, -0.05) is 13.0 Å². The van der Waals surface area contributed by atoms with Crippen molar-refractivity contribution in [2.75, 3.05) is 24.2 Å². The molecule has 1 aromatic rings. The first-order valence-corrected chi connectivity index (χ1v) is 11.4. The zero-order valence-electron chi connectivity index (χ0n) is 16.6. The molecule has 2 aliphatic carbocycles. The Bertz CT molecular complexity index is 710. The van der Waals surface area contributed by atoms with E-state index in [-0.39, 0.29) is 18.2 Å². The van der Waals surface area contributed by atoms with Gasteiger partial charge in [0.05, 0.1) is 17.8 Å². The van der Waals surface area contributed by atoms with Gasteiger partial charge < -0.3 is 15.2 Å². The van der Waals surface area contributed by atoms with Crippen molar-refractivity contribution in [1.82, 2.24) is 10.0 Å². The molecular weight excluding hydrogens is 403 g/mol. The number of alkyl halides is 3. The molecule has 2 aliphatic rings. The monoisotopic (exact) mass is 431 g/mol. The van der Waals surface area contributed by atoms with E-state index in [0.29, 0.717) is 6.54 Å². The molecule has 0 saturated heterocycles. The SMILES string of the molecule is CC(CNCCC(F)(F)F)C[S+]([O-])NC(=O)Nc1c2c(cc3c1CCC3)CCC2. The molecule has 9 heteroatoms. The van der Waals surface area contributed by atoms with Crippen LogP contribution in [0.2, 0.25) is 0 Å². The number of hydrogen-bond acceptors (Lipinski definition) is 3. The molecule has 2 unspecified atom stereocenters. The lowest BCUT2D eigenvalue weighted by molar-refractivity contribution is -0.133. The summed E-state index contributed by atoms with van der Waals surface area (Å²) in [5, 5.41) is 5.65. The standard InChI is InChI=1S/C20H28F3N3O2S/c1-13(11-24-9-8-20(21,22)23)12-29(28)26-19(27)25-18-16-6-2-4-14(16)10-15-5-3-7-17(15)18/h10,13,24H,2-9,11-12H2,1H3,(H2,25,26,27). The van der Waals surface area contributed by atoms with Crippen LogP contribution in [-0.4, -0.2) is 35.6 Å². The number of amides is 2. The van der Waals surface area contributed by atoms with Gasteiger partial charge in [-0.2, -0.15) is 17.9 Å². The van der Waals surface area contributed by atoms with Gasteiger partial charge >= 0.3 is 12.2 Å². The van der Waals surface area contributed by atoms with E-state index in [0.717, 1.165) is 44.2 Å². The number of benzene rings is 1. The molecule has 0 aromatic heterocycles. The number of urea groups is 1. The Balaban J connectivity index is 1.48. The van der Waals surface area contributed by atoms with Gasteiger partial charge in [0.25, 0.3) is 0 Å². The molecule has 0 radical (unpaired) electrons. The normalized spacial score (nSPS) is 17.6. The van der Waals surface area contributed by atoms with Gasteiger partial charge in [0, 0.05) is 24.7 Å². The van der Waals surface area contributed by atoms with E-state index in [1.165, 1.54) is 22.3 Å². The van der Waals surface area contributed by atoms with Crippen LogP contribution in [0.25, 0.3) is 0 Å². The van der Waals surface area contributed by atoms with Gasteiger partial charge in [-0.25, -0.2) is 4.79 Å². The first kappa shape index (κ1) is 22.2. The number of aryl methyl sites for hydroxylation is 2. The maximum atomic E-state index is 12.4. The second-order valence-corrected chi connectivity index (χ2v) is 9.21. The fraction of sp³-hybridized carbons (Fsp3) is 0.650. The Morgan fingerprint density at radius 3 is 2.38 bits per heavy atom. The third-order valence-corrected chi connectivity index (χ3v) is 6.72. The molecule has 0 heterocycles. The van der Waals surface area contributed by atoms with Crippen molar-refractivity contribution in [3.8, 4) is 0 Å². The smallest absolute Gasteiger partial charge is 0.390 e. The summed E-state index contributed by atoms with van der Waals surface area (Å²) in [6.45, 7) is 1.93. The molecule has 0 fully saturated rings. The zero-order valence-corrected chi connectivity index (χ0v) is 17.4. The molecule has 5 nitrogen and oxygen atoms in total. The quantitative estimate of drug-likeness (QED) is 0.435. The second-order valence-electron chi connectivity index (χ2n) is 7.98. The van der Waals surface area contributed by atoms with Crippen LogP contribution in [0, 0.1) is 5.92 Å². The van der Waals surface area contributed by atoms with E-state index in [1.54, 1.807) is 6.92 Å². The number of nitrogens with one attached hydrogen (secondary N) is 3. The minimum atomic E-state index is -4.18. The van der Waals surface area contributed by atoms with Crippen LogP contribution < -0.4 is 15.4 Å². The van der Waals surface area contributed by atoms with Gasteiger partial charge in [0.2, 0.25) is 0 Å². The number of hydrogen-bond donors (Lipinski definition) is 3. The number of carbonyl (C=O) groups is 1. The summed E-state index contributed by atoms with van der Waals surface area (Å²) in [5.74, 6) is 0.0480. The van der Waals surface area contributed by atoms with Crippen LogP contribution >= 0.6 is 0 Å². The number of anilines is 1. The minimum Gasteiger partial charge on any atom is -0.593 e. The highest BCUT2D eigenvalue weighted by Crippen LogP contribution is 2.38. The lowest BCUT2D eigenvalue weighted by Crippen LogP contribution is -2.39. The van der Waals surface area contributed by atoms with Crippen molar-refractivity contribution < 1.29 is 22.5 Å². The van der Waals surface area contributed by atoms with Crippen LogP contribution in [0.1, 0.15) is 48.4 Å². The average molecular weight is 432 g/mol. The fourth-order valence-electron chi connectivity index (χ4n) is 4.15. The number of fused-ring (bicyclic) bond motifs is 2. The summed E-state index contributed by atoms with van der Waals surface area (Å²) < 4.78 is 51.1. The second kappa shape index (κ2) is 9.57. The molecule has 162 valence electrons. The summed E-state index contributed by atoms with van der Waals surface area (Å²) in [4.78, 5) is 12.4. The molecule has 2 amide bonds. The topological polar surface area (TPSA) is 76.2 Å². The summed E-state index contributed by atoms with van der Waals surface area (Å²) in [6.07, 6.45) is 1.04. The summed E-state index contributed by atoms with van der Waals surface area (Å²) >= 11 is -1.60. The fourth-order valence-corrected chi connectivity index (χ4v) is 5.12. The lowest BCUT2D eigenvalue weighted by Gasteiger charge is -2.19. The first-order valence-electron chi connectivity index (χ1n) is 10.1. The highest BCUT2D eigenvalue weighted by Gasteiger charge is 2.27. The predicted octanol–water partition coefficient (Wildman–Crippen LogP) is 3.63. The molecule has 3 N–H and O–H groups in total. The molecule has 0 aliphatic heterocycles. The predicted molar refractivity (Wildman–Crippen MR) is 108 cm³/mol. The van der Waals surface area contributed by atoms with Crippen LogP contribution in [0.4, 0.5) is 23.7 Å². The maximum Gasteiger partial charge on any atom is 0.390 e. The Hall–Kier alpha value is -1.45. The van der Waals surface area contributed by atoms with Crippen LogP contribution in [0.5, 0.6) is 0 Å². The molecule has 1 aromatic carbocycles. The van der Waals surface area contributed by atoms with Crippen molar-refractivity contribution in [3.05, 3.63) is 28.3 Å². The Morgan fingerprint density at radius 1 is 1.17 bits per heavy atom. The largest absolute Gasteiger partial charge is 0.593 e. The molecule has 0 saturated carbocycles. The van der Waals surface area contributed by atoms with E-state index in [9.17, 15) is 22.5 Å². The minimum absolute atomic E-state index is 0.130. The molecule has 0 spiro atoms. The number of halogens is 3. The summed E-state index contributed by atoms with van der Waals surface area (Å²) in [7, 11) is 0.